The minimum absolute atomic E-state index is 0.157. The van der Waals surface area contributed by atoms with Crippen molar-refractivity contribution in [2.75, 3.05) is 0 Å². The lowest BCUT2D eigenvalue weighted by Gasteiger charge is -2.20. The minimum Gasteiger partial charge on any atom is -0.368 e. The molecule has 0 saturated carbocycles. The molecule has 0 fully saturated rings. The van der Waals surface area contributed by atoms with E-state index in [1.54, 1.807) is 0 Å². The second-order valence-electron chi connectivity index (χ2n) is 7.87. The molecule has 0 spiro atoms. The van der Waals surface area contributed by atoms with E-state index in [0.717, 1.165) is 43.5 Å². The lowest BCUT2D eigenvalue weighted by molar-refractivity contribution is -0.117. The van der Waals surface area contributed by atoms with Crippen LogP contribution < -0.4 is 11.3 Å². The normalized spacial score (nSPS) is 14.6. The summed E-state index contributed by atoms with van der Waals surface area (Å²) in [6.07, 6.45) is 3.84. The fourth-order valence-electron chi connectivity index (χ4n) is 4.21. The van der Waals surface area contributed by atoms with Crippen LogP contribution in [0.5, 0.6) is 0 Å². The Morgan fingerprint density at radius 3 is 2.44 bits per heavy atom. The molecule has 5 rings (SSSR count). The van der Waals surface area contributed by atoms with Gasteiger partial charge in [0, 0.05) is 12.2 Å². The van der Waals surface area contributed by atoms with Gasteiger partial charge in [0.2, 0.25) is 5.91 Å². The number of rotatable bonds is 5. The fourth-order valence-corrected chi connectivity index (χ4v) is 5.30. The van der Waals surface area contributed by atoms with Crippen LogP contribution in [0.2, 0.25) is 0 Å². The molecular formula is C24H23N5O2S. The summed E-state index contributed by atoms with van der Waals surface area (Å²) in [5.41, 5.74) is 8.66. The SMILES string of the molecule is NC(=O)C(Sc1nc2nn(-c3ccccc3)c(=O)c-2c2n1CCCCC2)c1ccccc1. The van der Waals surface area contributed by atoms with Crippen LogP contribution in [0, 0.1) is 0 Å². The molecule has 7 nitrogen and oxygen atoms in total. The van der Waals surface area contributed by atoms with Crippen LogP contribution in [-0.2, 0) is 17.8 Å². The van der Waals surface area contributed by atoms with Gasteiger partial charge in [0.05, 0.1) is 5.69 Å². The number of hydrogen-bond acceptors (Lipinski definition) is 5. The Morgan fingerprint density at radius 2 is 1.72 bits per heavy atom. The summed E-state index contributed by atoms with van der Waals surface area (Å²) in [6, 6.07) is 18.8. The predicted molar refractivity (Wildman–Crippen MR) is 124 cm³/mol. The van der Waals surface area contributed by atoms with Crippen molar-refractivity contribution in [3.63, 3.8) is 0 Å². The molecule has 0 bridgehead atoms. The first-order chi connectivity index (χ1) is 15.6. The highest BCUT2D eigenvalue weighted by molar-refractivity contribution is 8.00. The number of hydrogen-bond donors (Lipinski definition) is 1. The largest absolute Gasteiger partial charge is 0.368 e. The zero-order valence-corrected chi connectivity index (χ0v) is 18.3. The van der Waals surface area contributed by atoms with Crippen molar-refractivity contribution < 1.29 is 4.79 Å². The number of fused-ring (bicyclic) bond motifs is 3. The van der Waals surface area contributed by atoms with E-state index < -0.39 is 11.2 Å². The van der Waals surface area contributed by atoms with Crippen molar-refractivity contribution in [3.8, 4) is 17.1 Å². The Hall–Kier alpha value is -3.39. The van der Waals surface area contributed by atoms with E-state index in [4.69, 9.17) is 10.7 Å². The van der Waals surface area contributed by atoms with E-state index in [-0.39, 0.29) is 5.56 Å². The molecule has 1 atom stereocenters. The van der Waals surface area contributed by atoms with E-state index in [0.29, 0.717) is 22.2 Å². The molecule has 3 aliphatic heterocycles. The van der Waals surface area contributed by atoms with Gasteiger partial charge in [0.15, 0.2) is 11.0 Å². The van der Waals surface area contributed by atoms with Crippen molar-refractivity contribution in [1.29, 1.82) is 0 Å². The number of nitrogens with zero attached hydrogens (tertiary/aromatic N) is 4. The smallest absolute Gasteiger partial charge is 0.284 e. The van der Waals surface area contributed by atoms with Gasteiger partial charge in [0.25, 0.3) is 5.56 Å². The second kappa shape index (κ2) is 8.63. The van der Waals surface area contributed by atoms with Gasteiger partial charge < -0.3 is 10.3 Å². The van der Waals surface area contributed by atoms with E-state index in [1.165, 1.54) is 16.4 Å². The summed E-state index contributed by atoms with van der Waals surface area (Å²) in [7, 11) is 0. The molecule has 1 unspecified atom stereocenters. The molecule has 162 valence electrons. The third-order valence-corrected chi connectivity index (χ3v) is 7.01. The van der Waals surface area contributed by atoms with Crippen molar-refractivity contribution in [2.45, 2.75) is 42.6 Å². The monoisotopic (exact) mass is 445 g/mol. The van der Waals surface area contributed by atoms with Crippen LogP contribution >= 0.6 is 11.8 Å². The van der Waals surface area contributed by atoms with Gasteiger partial charge in [-0.25, -0.2) is 4.98 Å². The second-order valence-corrected chi connectivity index (χ2v) is 8.94. The highest BCUT2D eigenvalue weighted by atomic mass is 32.2. The first kappa shape index (κ1) is 20.5. The summed E-state index contributed by atoms with van der Waals surface area (Å²) in [6.45, 7) is 0.747. The van der Waals surface area contributed by atoms with Gasteiger partial charge in [-0.05, 0) is 37.0 Å². The summed E-state index contributed by atoms with van der Waals surface area (Å²) in [5.74, 6) is -0.0174. The molecule has 0 saturated heterocycles. The van der Waals surface area contributed by atoms with E-state index in [9.17, 15) is 9.59 Å². The average Bonchev–Trinajstić information content (AvgIpc) is 2.98. The van der Waals surface area contributed by atoms with Crippen molar-refractivity contribution in [1.82, 2.24) is 19.3 Å². The number of carbonyl (C=O) groups is 1. The topological polar surface area (TPSA) is 95.8 Å². The summed E-state index contributed by atoms with van der Waals surface area (Å²) in [5, 5.41) is 4.64. The van der Waals surface area contributed by atoms with Crippen molar-refractivity contribution >= 4 is 17.7 Å². The molecule has 0 radical (unpaired) electrons. The maximum Gasteiger partial charge on any atom is 0.284 e. The molecule has 0 aliphatic carbocycles. The van der Waals surface area contributed by atoms with Crippen LogP contribution in [0.1, 0.15) is 35.8 Å². The molecule has 32 heavy (non-hydrogen) atoms. The maximum atomic E-state index is 13.3. The summed E-state index contributed by atoms with van der Waals surface area (Å²) < 4.78 is 3.51. The molecule has 2 aromatic carbocycles. The Bertz CT molecular complexity index is 1280. The number of amides is 1. The lowest BCUT2D eigenvalue weighted by atomic mass is 10.1. The van der Waals surface area contributed by atoms with Crippen LogP contribution in [0.3, 0.4) is 0 Å². The number of aromatic nitrogens is 4. The molecule has 3 aliphatic rings. The van der Waals surface area contributed by atoms with E-state index in [2.05, 4.69) is 9.67 Å². The lowest BCUT2D eigenvalue weighted by Crippen LogP contribution is -2.22. The number of nitrogens with two attached hydrogens (primary N) is 1. The van der Waals surface area contributed by atoms with Crippen LogP contribution in [0.4, 0.5) is 0 Å². The highest BCUT2D eigenvalue weighted by Gasteiger charge is 2.29. The molecule has 2 N–H and O–H groups in total. The average molecular weight is 446 g/mol. The summed E-state index contributed by atoms with van der Waals surface area (Å²) in [4.78, 5) is 30.5. The van der Waals surface area contributed by atoms with Gasteiger partial charge in [-0.15, -0.1) is 5.10 Å². The van der Waals surface area contributed by atoms with Crippen LogP contribution in [-0.4, -0.2) is 25.2 Å². The molecule has 2 aromatic rings. The quantitative estimate of drug-likeness (QED) is 0.374. The van der Waals surface area contributed by atoms with Crippen molar-refractivity contribution in [3.05, 3.63) is 82.3 Å². The highest BCUT2D eigenvalue weighted by Crippen LogP contribution is 2.37. The van der Waals surface area contributed by atoms with Gasteiger partial charge in [-0.1, -0.05) is 66.7 Å². The Labute approximate surface area is 189 Å². The van der Waals surface area contributed by atoms with E-state index >= 15 is 0 Å². The zero-order valence-electron chi connectivity index (χ0n) is 17.5. The number of benzene rings is 2. The minimum atomic E-state index is -0.580. The number of carbonyl (C=O) groups excluding carboxylic acids is 1. The van der Waals surface area contributed by atoms with Gasteiger partial charge in [-0.3, -0.25) is 9.59 Å². The van der Waals surface area contributed by atoms with Crippen molar-refractivity contribution in [2.24, 2.45) is 5.73 Å². The Kier molecular flexibility index (Phi) is 5.53. The molecule has 3 heterocycles. The molecule has 8 heteroatoms. The zero-order chi connectivity index (χ0) is 22.1. The fraction of sp³-hybridized carbons (Fsp3) is 0.250. The van der Waals surface area contributed by atoms with Gasteiger partial charge >= 0.3 is 0 Å². The standard InChI is InChI=1S/C24H23N5O2S/c25-21(30)20(16-10-4-1-5-11-16)32-24-26-22-19(18-14-8-3-9-15-28(18)24)23(31)29(27-22)17-12-6-2-7-13-17/h1-2,4-7,10-13,20H,3,8-9,14-15H2,(H2,25,30). The third kappa shape index (κ3) is 3.71. The first-order valence-electron chi connectivity index (χ1n) is 10.7. The Balaban J connectivity index is 1.68. The van der Waals surface area contributed by atoms with Gasteiger partial charge in [-0.2, -0.15) is 4.68 Å². The van der Waals surface area contributed by atoms with Crippen LogP contribution in [0.25, 0.3) is 17.1 Å². The molecular weight excluding hydrogens is 422 g/mol. The first-order valence-corrected chi connectivity index (χ1v) is 11.6. The third-order valence-electron chi connectivity index (χ3n) is 5.75. The molecule has 0 aromatic heterocycles. The number of para-hydroxylation sites is 1. The number of primary amides is 1. The number of thioether (sulfide) groups is 1. The van der Waals surface area contributed by atoms with E-state index in [1.807, 2.05) is 60.7 Å². The predicted octanol–water partition coefficient (Wildman–Crippen LogP) is 3.58. The van der Waals surface area contributed by atoms with Gasteiger partial charge in [0.1, 0.15) is 10.8 Å². The van der Waals surface area contributed by atoms with Crippen LogP contribution in [0.15, 0.2) is 70.6 Å². The Morgan fingerprint density at radius 1 is 1.00 bits per heavy atom. The molecule has 1 amide bonds. The maximum absolute atomic E-state index is 13.3. The summed E-state index contributed by atoms with van der Waals surface area (Å²) >= 11 is 1.33.